The molecule has 3 aromatic heterocycles. The van der Waals surface area contributed by atoms with Gasteiger partial charge >= 0.3 is 0 Å². The molecule has 0 fully saturated rings. The first kappa shape index (κ1) is 19.6. The van der Waals surface area contributed by atoms with E-state index in [4.69, 9.17) is 16.3 Å². The minimum Gasteiger partial charge on any atom is -0.438 e. The fraction of sp³-hybridized carbons (Fsp3) is 0.182. The molecule has 0 radical (unpaired) electrons. The van der Waals surface area contributed by atoms with Crippen molar-refractivity contribution in [1.82, 2.24) is 9.55 Å². The van der Waals surface area contributed by atoms with Gasteiger partial charge in [-0.3, -0.25) is 4.79 Å². The molecule has 0 aliphatic rings. The van der Waals surface area contributed by atoms with Gasteiger partial charge in [0, 0.05) is 46.5 Å². The van der Waals surface area contributed by atoms with Gasteiger partial charge in [-0.1, -0.05) is 11.6 Å². The summed E-state index contributed by atoms with van der Waals surface area (Å²) in [4.78, 5) is 17.0. The van der Waals surface area contributed by atoms with Crippen LogP contribution >= 0.6 is 22.9 Å². The SMILES string of the molecule is Cn1cc(-c2cc(C(C)(C)O)cnc2Oc2ccc(Cl)cc2)c2ccsc2c1=O. The summed E-state index contributed by atoms with van der Waals surface area (Å²) in [5.74, 6) is 0.969. The molecule has 0 aliphatic carbocycles. The lowest BCUT2D eigenvalue weighted by Crippen LogP contribution is -2.17. The largest absolute Gasteiger partial charge is 0.438 e. The van der Waals surface area contributed by atoms with E-state index >= 15 is 0 Å². The van der Waals surface area contributed by atoms with Gasteiger partial charge in [0.05, 0.1) is 5.60 Å². The number of fused-ring (bicyclic) bond motifs is 1. The van der Waals surface area contributed by atoms with E-state index in [-0.39, 0.29) is 5.56 Å². The average Bonchev–Trinajstić information content (AvgIpc) is 3.16. The molecule has 0 bridgehead atoms. The second kappa shape index (κ2) is 7.30. The lowest BCUT2D eigenvalue weighted by Gasteiger charge is -2.20. The van der Waals surface area contributed by atoms with E-state index in [9.17, 15) is 9.90 Å². The van der Waals surface area contributed by atoms with E-state index in [1.165, 1.54) is 11.3 Å². The number of aliphatic hydroxyl groups is 1. The van der Waals surface area contributed by atoms with Crippen LogP contribution < -0.4 is 10.3 Å². The topological polar surface area (TPSA) is 64.3 Å². The van der Waals surface area contributed by atoms with Crippen LogP contribution in [0.4, 0.5) is 0 Å². The number of nitrogens with zero attached hydrogens (tertiary/aromatic N) is 2. The molecule has 0 unspecified atom stereocenters. The third-order valence-corrected chi connectivity index (χ3v) is 5.82. The molecule has 1 aromatic carbocycles. The monoisotopic (exact) mass is 426 g/mol. The third kappa shape index (κ3) is 3.79. The van der Waals surface area contributed by atoms with Gasteiger partial charge in [-0.15, -0.1) is 11.3 Å². The Labute approximate surface area is 176 Å². The van der Waals surface area contributed by atoms with Crippen molar-refractivity contribution < 1.29 is 9.84 Å². The summed E-state index contributed by atoms with van der Waals surface area (Å²) >= 11 is 7.37. The van der Waals surface area contributed by atoms with E-state index in [2.05, 4.69) is 4.98 Å². The molecule has 148 valence electrons. The molecule has 0 aliphatic heterocycles. The Bertz CT molecular complexity index is 1250. The molecule has 0 amide bonds. The molecule has 3 heterocycles. The van der Waals surface area contributed by atoms with Crippen LogP contribution in [0.25, 0.3) is 21.2 Å². The Kier molecular flexibility index (Phi) is 4.94. The fourth-order valence-corrected chi connectivity index (χ4v) is 4.07. The van der Waals surface area contributed by atoms with Crippen LogP contribution in [0.1, 0.15) is 19.4 Å². The predicted molar refractivity (Wildman–Crippen MR) is 117 cm³/mol. The van der Waals surface area contributed by atoms with Crippen LogP contribution in [0.15, 0.2) is 59.0 Å². The highest BCUT2D eigenvalue weighted by molar-refractivity contribution is 7.17. The molecule has 0 saturated carbocycles. The average molecular weight is 427 g/mol. The highest BCUT2D eigenvalue weighted by Crippen LogP contribution is 2.38. The number of hydrogen-bond acceptors (Lipinski definition) is 5. The molecular formula is C22H19ClN2O3S. The third-order valence-electron chi connectivity index (χ3n) is 4.67. The number of aromatic nitrogens is 2. The van der Waals surface area contributed by atoms with E-state index in [0.29, 0.717) is 32.5 Å². The summed E-state index contributed by atoms with van der Waals surface area (Å²) in [6.07, 6.45) is 3.37. The number of halogens is 1. The number of pyridine rings is 2. The first-order chi connectivity index (χ1) is 13.7. The minimum atomic E-state index is -1.07. The molecule has 0 spiro atoms. The van der Waals surface area contributed by atoms with Gasteiger partial charge in [0.15, 0.2) is 0 Å². The molecular weight excluding hydrogens is 408 g/mol. The highest BCUT2D eigenvalue weighted by atomic mass is 35.5. The first-order valence-corrected chi connectivity index (χ1v) is 10.2. The van der Waals surface area contributed by atoms with E-state index in [0.717, 1.165) is 10.9 Å². The van der Waals surface area contributed by atoms with Crippen LogP contribution in [-0.4, -0.2) is 14.7 Å². The van der Waals surface area contributed by atoms with Crippen molar-refractivity contribution in [3.8, 4) is 22.8 Å². The van der Waals surface area contributed by atoms with E-state index < -0.39 is 5.60 Å². The number of thiophene rings is 1. The fourth-order valence-electron chi connectivity index (χ4n) is 3.06. The van der Waals surface area contributed by atoms with Gasteiger partial charge in [-0.05, 0) is 55.6 Å². The van der Waals surface area contributed by atoms with E-state index in [1.807, 2.05) is 17.5 Å². The molecule has 29 heavy (non-hydrogen) atoms. The van der Waals surface area contributed by atoms with Crippen molar-refractivity contribution in [1.29, 1.82) is 0 Å². The maximum absolute atomic E-state index is 12.5. The van der Waals surface area contributed by atoms with Crippen molar-refractivity contribution in [2.75, 3.05) is 0 Å². The smallest absolute Gasteiger partial charge is 0.268 e. The highest BCUT2D eigenvalue weighted by Gasteiger charge is 2.22. The minimum absolute atomic E-state index is 0.0504. The van der Waals surface area contributed by atoms with Gasteiger partial charge in [0.1, 0.15) is 10.4 Å². The molecule has 4 rings (SSSR count). The van der Waals surface area contributed by atoms with Gasteiger partial charge in [-0.25, -0.2) is 4.98 Å². The van der Waals surface area contributed by atoms with Crippen LogP contribution in [0, 0.1) is 0 Å². The van der Waals surface area contributed by atoms with Crippen molar-refractivity contribution in [2.24, 2.45) is 7.05 Å². The Morgan fingerprint density at radius 3 is 2.59 bits per heavy atom. The Morgan fingerprint density at radius 2 is 1.90 bits per heavy atom. The zero-order chi connectivity index (χ0) is 20.8. The lowest BCUT2D eigenvalue weighted by atomic mass is 9.96. The van der Waals surface area contributed by atoms with Gasteiger partial charge in [0.25, 0.3) is 5.56 Å². The Morgan fingerprint density at radius 1 is 1.17 bits per heavy atom. The zero-order valence-corrected chi connectivity index (χ0v) is 17.7. The van der Waals surface area contributed by atoms with Crippen molar-refractivity contribution >= 4 is 33.0 Å². The number of hydrogen-bond donors (Lipinski definition) is 1. The van der Waals surface area contributed by atoms with Crippen LogP contribution in [0.2, 0.25) is 5.02 Å². The van der Waals surface area contributed by atoms with E-state index in [1.54, 1.807) is 62.1 Å². The maximum Gasteiger partial charge on any atom is 0.268 e. The number of rotatable bonds is 4. The van der Waals surface area contributed by atoms with Crippen LogP contribution in [0.3, 0.4) is 0 Å². The molecule has 7 heteroatoms. The van der Waals surface area contributed by atoms with Crippen LogP contribution in [0.5, 0.6) is 11.6 Å². The van der Waals surface area contributed by atoms with Gasteiger partial charge < -0.3 is 14.4 Å². The summed E-state index contributed by atoms with van der Waals surface area (Å²) in [5, 5.41) is 13.8. The van der Waals surface area contributed by atoms with Gasteiger partial charge in [-0.2, -0.15) is 0 Å². The molecule has 1 N–H and O–H groups in total. The van der Waals surface area contributed by atoms with Crippen molar-refractivity contribution in [2.45, 2.75) is 19.4 Å². The summed E-state index contributed by atoms with van der Waals surface area (Å²) in [6, 6.07) is 10.8. The Hall–Kier alpha value is -2.67. The second-order valence-electron chi connectivity index (χ2n) is 7.31. The normalized spacial score (nSPS) is 11.8. The summed E-state index contributed by atoms with van der Waals surface area (Å²) in [5.41, 5.74) is 1.03. The molecule has 0 saturated heterocycles. The van der Waals surface area contributed by atoms with Crippen molar-refractivity contribution in [3.05, 3.63) is 75.1 Å². The number of aryl methyl sites for hydroxylation is 1. The Balaban J connectivity index is 1.95. The zero-order valence-electron chi connectivity index (χ0n) is 16.1. The van der Waals surface area contributed by atoms with Crippen LogP contribution in [-0.2, 0) is 12.6 Å². The predicted octanol–water partition coefficient (Wildman–Crippen LogP) is 5.34. The molecule has 4 aromatic rings. The summed E-state index contributed by atoms with van der Waals surface area (Å²) in [7, 11) is 1.72. The second-order valence-corrected chi connectivity index (χ2v) is 8.67. The molecule has 0 atom stereocenters. The quantitative estimate of drug-likeness (QED) is 0.478. The number of ether oxygens (including phenoxy) is 1. The standard InChI is InChI=1S/C22H19ClN2O3S/c1-22(2,27)13-10-17(18-12-25(3)21(26)19-16(18)8-9-29-19)20(24-11-13)28-15-6-4-14(23)5-7-15/h4-12,27H,1-3H3. The van der Waals surface area contributed by atoms with Gasteiger partial charge in [0.2, 0.25) is 5.88 Å². The van der Waals surface area contributed by atoms with Crippen molar-refractivity contribution in [3.63, 3.8) is 0 Å². The first-order valence-electron chi connectivity index (χ1n) is 8.97. The maximum atomic E-state index is 12.5. The summed E-state index contributed by atoms with van der Waals surface area (Å²) in [6.45, 7) is 3.41. The lowest BCUT2D eigenvalue weighted by molar-refractivity contribution is 0.0782. The number of benzene rings is 1. The molecule has 5 nitrogen and oxygen atoms in total. The summed E-state index contributed by atoms with van der Waals surface area (Å²) < 4.78 is 8.26.